The Labute approximate surface area is 160 Å². The molecule has 25 heavy (non-hydrogen) atoms. The number of ether oxygens (including phenoxy) is 1. The third kappa shape index (κ3) is 5.61. The van der Waals surface area contributed by atoms with Crippen LogP contribution in [0.1, 0.15) is 22.7 Å². The molecule has 0 aromatic heterocycles. The smallest absolute Gasteiger partial charge is 0.333 e. The first-order valence-corrected chi connectivity index (χ1v) is 9.51. The van der Waals surface area contributed by atoms with Gasteiger partial charge in [-0.05, 0) is 43.2 Å². The summed E-state index contributed by atoms with van der Waals surface area (Å²) < 4.78 is 5.72. The van der Waals surface area contributed by atoms with E-state index in [9.17, 15) is 9.59 Å². The minimum absolute atomic E-state index is 0.218. The number of methoxy groups -OCH3 is 1. The lowest BCUT2D eigenvalue weighted by molar-refractivity contribution is -0.145. The van der Waals surface area contributed by atoms with Gasteiger partial charge in [-0.1, -0.05) is 45.8 Å². The molecule has 132 valence electrons. The van der Waals surface area contributed by atoms with Crippen molar-refractivity contribution < 1.29 is 14.3 Å². The summed E-state index contributed by atoms with van der Waals surface area (Å²) in [5.74, 6) is -0.481. The van der Waals surface area contributed by atoms with E-state index in [1.54, 1.807) is 12.1 Å². The van der Waals surface area contributed by atoms with E-state index >= 15 is 0 Å². The van der Waals surface area contributed by atoms with Crippen molar-refractivity contribution in [1.29, 1.82) is 0 Å². The first-order valence-electron chi connectivity index (χ1n) is 7.73. The van der Waals surface area contributed by atoms with Crippen LogP contribution >= 0.6 is 27.7 Å². The van der Waals surface area contributed by atoms with Crippen LogP contribution in [0.5, 0.6) is 0 Å². The molecule has 4 nitrogen and oxygen atoms in total. The summed E-state index contributed by atoms with van der Waals surface area (Å²) >= 11 is 4.81. The maximum Gasteiger partial charge on any atom is 0.333 e. The SMILES string of the molecule is COC(=O)C(NC(=O)CSc1cc(C)ccc1C)c1ccc(Br)cc1. The summed E-state index contributed by atoms with van der Waals surface area (Å²) in [4.78, 5) is 25.4. The third-order valence-electron chi connectivity index (χ3n) is 3.65. The molecule has 0 bridgehead atoms. The molecule has 2 aromatic carbocycles. The van der Waals surface area contributed by atoms with Crippen LogP contribution in [-0.2, 0) is 14.3 Å². The number of rotatable bonds is 6. The van der Waals surface area contributed by atoms with Crippen LogP contribution in [-0.4, -0.2) is 24.7 Å². The minimum Gasteiger partial charge on any atom is -0.467 e. The second-order valence-electron chi connectivity index (χ2n) is 5.63. The lowest BCUT2D eigenvalue weighted by Crippen LogP contribution is -2.35. The highest BCUT2D eigenvalue weighted by Gasteiger charge is 2.23. The van der Waals surface area contributed by atoms with Crippen molar-refractivity contribution in [2.45, 2.75) is 24.8 Å². The summed E-state index contributed by atoms with van der Waals surface area (Å²) in [5, 5.41) is 2.76. The molecule has 0 spiro atoms. The Kier molecular flexibility index (Phi) is 7.08. The highest BCUT2D eigenvalue weighted by Crippen LogP contribution is 2.24. The number of aryl methyl sites for hydroxylation is 2. The van der Waals surface area contributed by atoms with Gasteiger partial charge in [0.15, 0.2) is 6.04 Å². The minimum atomic E-state index is -0.815. The monoisotopic (exact) mass is 421 g/mol. The number of carbonyl (C=O) groups is 2. The molecule has 1 atom stereocenters. The maximum absolute atomic E-state index is 12.3. The van der Waals surface area contributed by atoms with E-state index in [-0.39, 0.29) is 11.7 Å². The fraction of sp³-hybridized carbons (Fsp3) is 0.263. The number of halogens is 1. The lowest BCUT2D eigenvalue weighted by Gasteiger charge is -2.17. The van der Waals surface area contributed by atoms with E-state index < -0.39 is 12.0 Å². The number of amides is 1. The topological polar surface area (TPSA) is 55.4 Å². The molecule has 6 heteroatoms. The first-order chi connectivity index (χ1) is 11.9. The Morgan fingerprint density at radius 3 is 2.48 bits per heavy atom. The fourth-order valence-electron chi connectivity index (χ4n) is 2.26. The van der Waals surface area contributed by atoms with Crippen molar-refractivity contribution in [3.63, 3.8) is 0 Å². The van der Waals surface area contributed by atoms with Crippen LogP contribution in [0.25, 0.3) is 0 Å². The van der Waals surface area contributed by atoms with Crippen molar-refractivity contribution in [3.05, 3.63) is 63.6 Å². The zero-order valence-corrected chi connectivity index (χ0v) is 16.7. The Bertz CT molecular complexity index is 762. The van der Waals surface area contributed by atoms with E-state index in [4.69, 9.17) is 4.74 Å². The summed E-state index contributed by atoms with van der Waals surface area (Å²) in [5.41, 5.74) is 2.96. The van der Waals surface area contributed by atoms with Crippen molar-refractivity contribution in [3.8, 4) is 0 Å². The zero-order chi connectivity index (χ0) is 18.4. The summed E-state index contributed by atoms with van der Waals surface area (Å²) in [6.07, 6.45) is 0. The number of hydrogen-bond donors (Lipinski definition) is 1. The van der Waals surface area contributed by atoms with Gasteiger partial charge in [0.2, 0.25) is 5.91 Å². The summed E-state index contributed by atoms with van der Waals surface area (Å²) in [6, 6.07) is 12.5. The first kappa shape index (κ1) is 19.5. The Morgan fingerprint density at radius 1 is 1.16 bits per heavy atom. The van der Waals surface area contributed by atoms with Crippen molar-refractivity contribution in [1.82, 2.24) is 5.32 Å². The molecule has 0 aliphatic heterocycles. The van der Waals surface area contributed by atoms with Gasteiger partial charge in [0.25, 0.3) is 0 Å². The molecular formula is C19H20BrNO3S. The number of hydrogen-bond acceptors (Lipinski definition) is 4. The normalized spacial score (nSPS) is 11.7. The van der Waals surface area contributed by atoms with Gasteiger partial charge in [0.05, 0.1) is 12.9 Å². The molecule has 1 N–H and O–H groups in total. The van der Waals surface area contributed by atoms with Crippen molar-refractivity contribution in [2.24, 2.45) is 0 Å². The van der Waals surface area contributed by atoms with Gasteiger partial charge in [-0.3, -0.25) is 4.79 Å². The molecule has 1 unspecified atom stereocenters. The molecular weight excluding hydrogens is 402 g/mol. The molecule has 0 aliphatic carbocycles. The molecule has 0 aliphatic rings. The molecule has 0 saturated carbocycles. The van der Waals surface area contributed by atoms with E-state index in [0.29, 0.717) is 5.56 Å². The maximum atomic E-state index is 12.3. The van der Waals surface area contributed by atoms with Crippen LogP contribution in [0.2, 0.25) is 0 Å². The van der Waals surface area contributed by atoms with E-state index in [2.05, 4.69) is 27.3 Å². The molecule has 0 radical (unpaired) electrons. The zero-order valence-electron chi connectivity index (χ0n) is 14.3. The quantitative estimate of drug-likeness (QED) is 0.561. The molecule has 0 heterocycles. The second-order valence-corrected chi connectivity index (χ2v) is 7.57. The fourth-order valence-corrected chi connectivity index (χ4v) is 3.46. The number of thioether (sulfide) groups is 1. The number of carbonyl (C=O) groups excluding carboxylic acids is 2. The van der Waals surface area contributed by atoms with Gasteiger partial charge in [-0.2, -0.15) is 0 Å². The molecule has 0 fully saturated rings. The van der Waals surface area contributed by atoms with Crippen LogP contribution in [0.15, 0.2) is 51.8 Å². The standard InChI is InChI=1S/C19H20BrNO3S/c1-12-4-5-13(2)16(10-12)25-11-17(22)21-18(19(23)24-3)14-6-8-15(20)9-7-14/h4-10,18H,11H2,1-3H3,(H,21,22). The van der Waals surface area contributed by atoms with Crippen LogP contribution in [0, 0.1) is 13.8 Å². The van der Waals surface area contributed by atoms with Gasteiger partial charge in [-0.25, -0.2) is 4.79 Å². The van der Waals surface area contributed by atoms with Crippen LogP contribution in [0.4, 0.5) is 0 Å². The van der Waals surface area contributed by atoms with Crippen molar-refractivity contribution >= 4 is 39.6 Å². The van der Waals surface area contributed by atoms with Gasteiger partial charge < -0.3 is 10.1 Å². The lowest BCUT2D eigenvalue weighted by atomic mass is 10.1. The van der Waals surface area contributed by atoms with Gasteiger partial charge >= 0.3 is 5.97 Å². The van der Waals surface area contributed by atoms with Crippen LogP contribution in [0.3, 0.4) is 0 Å². The highest BCUT2D eigenvalue weighted by atomic mass is 79.9. The Balaban J connectivity index is 2.05. The Morgan fingerprint density at radius 2 is 1.84 bits per heavy atom. The van der Waals surface area contributed by atoms with Gasteiger partial charge in [0, 0.05) is 9.37 Å². The Hall–Kier alpha value is -1.79. The molecule has 0 saturated heterocycles. The molecule has 2 rings (SSSR count). The average molecular weight is 422 g/mol. The average Bonchev–Trinajstić information content (AvgIpc) is 2.60. The van der Waals surface area contributed by atoms with Crippen LogP contribution < -0.4 is 5.32 Å². The summed E-state index contributed by atoms with van der Waals surface area (Å²) in [6.45, 7) is 4.03. The molecule has 2 aromatic rings. The second kappa shape index (κ2) is 9.06. The summed E-state index contributed by atoms with van der Waals surface area (Å²) in [7, 11) is 1.31. The largest absolute Gasteiger partial charge is 0.467 e. The number of benzene rings is 2. The number of nitrogens with one attached hydrogen (secondary N) is 1. The van der Waals surface area contributed by atoms with Gasteiger partial charge in [-0.15, -0.1) is 11.8 Å². The van der Waals surface area contributed by atoms with E-state index in [1.807, 2.05) is 38.1 Å². The predicted octanol–water partition coefficient (Wildman–Crippen LogP) is 4.19. The van der Waals surface area contributed by atoms with E-state index in [0.717, 1.165) is 20.5 Å². The number of esters is 1. The third-order valence-corrected chi connectivity index (χ3v) is 5.33. The highest BCUT2D eigenvalue weighted by molar-refractivity contribution is 9.10. The molecule has 1 amide bonds. The van der Waals surface area contributed by atoms with Gasteiger partial charge in [0.1, 0.15) is 0 Å². The predicted molar refractivity (Wildman–Crippen MR) is 104 cm³/mol. The van der Waals surface area contributed by atoms with Crippen molar-refractivity contribution in [2.75, 3.05) is 12.9 Å². The van der Waals surface area contributed by atoms with E-state index in [1.165, 1.54) is 18.9 Å².